The van der Waals surface area contributed by atoms with Crippen LogP contribution in [0, 0.1) is 11.3 Å². The number of carbonyl (C=O) groups is 1. The first-order chi connectivity index (χ1) is 11.7. The van der Waals surface area contributed by atoms with Crippen molar-refractivity contribution >= 4 is 17.5 Å². The van der Waals surface area contributed by atoms with E-state index in [0.29, 0.717) is 23.2 Å². The van der Waals surface area contributed by atoms with Crippen molar-refractivity contribution in [2.75, 3.05) is 0 Å². The van der Waals surface area contributed by atoms with Crippen LogP contribution in [0.1, 0.15) is 59.4 Å². The third kappa shape index (κ3) is 5.56. The van der Waals surface area contributed by atoms with Gasteiger partial charge in [0.2, 0.25) is 17.6 Å². The lowest BCUT2D eigenvalue weighted by Crippen LogP contribution is -2.34. The predicted octanol–water partition coefficient (Wildman–Crippen LogP) is 5.03. The minimum absolute atomic E-state index is 0.0101. The van der Waals surface area contributed by atoms with Gasteiger partial charge in [-0.05, 0) is 35.6 Å². The molecular formula is C19H26ClN3O2. The van der Waals surface area contributed by atoms with Gasteiger partial charge >= 0.3 is 0 Å². The minimum atomic E-state index is -0.298. The molecule has 0 saturated carbocycles. The number of aromatic nitrogens is 2. The van der Waals surface area contributed by atoms with E-state index in [1.165, 1.54) is 0 Å². The molecule has 0 aliphatic carbocycles. The van der Waals surface area contributed by atoms with Gasteiger partial charge in [0.05, 0.1) is 0 Å². The van der Waals surface area contributed by atoms with Crippen LogP contribution in [0.2, 0.25) is 5.02 Å². The third-order valence-electron chi connectivity index (χ3n) is 4.03. The van der Waals surface area contributed by atoms with Crippen LogP contribution in [0.25, 0.3) is 11.4 Å². The molecule has 2 atom stereocenters. The molecular weight excluding hydrogens is 338 g/mol. The van der Waals surface area contributed by atoms with E-state index in [9.17, 15) is 4.79 Å². The second-order valence-electron chi connectivity index (χ2n) is 7.63. The number of hydrogen-bond donors (Lipinski definition) is 1. The Kier molecular flexibility index (Phi) is 6.22. The number of hydrogen-bond acceptors (Lipinski definition) is 4. The van der Waals surface area contributed by atoms with Crippen LogP contribution in [-0.2, 0) is 4.79 Å². The van der Waals surface area contributed by atoms with Gasteiger partial charge in [0.1, 0.15) is 6.04 Å². The Bertz CT molecular complexity index is 704. The monoisotopic (exact) mass is 363 g/mol. The summed E-state index contributed by atoms with van der Waals surface area (Å²) in [5, 5.41) is 7.77. The van der Waals surface area contributed by atoms with Crippen LogP contribution < -0.4 is 5.32 Å². The Balaban J connectivity index is 2.21. The Morgan fingerprint density at radius 3 is 2.48 bits per heavy atom. The highest BCUT2D eigenvalue weighted by molar-refractivity contribution is 6.30. The summed E-state index contributed by atoms with van der Waals surface area (Å²) < 4.78 is 5.46. The fourth-order valence-corrected chi connectivity index (χ4v) is 2.59. The first kappa shape index (κ1) is 19.4. The normalized spacial score (nSPS) is 14.2. The molecule has 2 aromatic rings. The van der Waals surface area contributed by atoms with Crippen molar-refractivity contribution in [1.82, 2.24) is 15.5 Å². The molecule has 136 valence electrons. The Morgan fingerprint density at radius 2 is 1.92 bits per heavy atom. The Hall–Kier alpha value is -1.88. The SMILES string of the molecule is CC[C@@H](C)[C@@H](NC(=O)CC(C)(C)C)c1nc(-c2ccc(Cl)cc2)no1. The van der Waals surface area contributed by atoms with Crippen molar-refractivity contribution < 1.29 is 9.32 Å². The molecule has 0 aliphatic heterocycles. The number of halogens is 1. The largest absolute Gasteiger partial charge is 0.344 e. The summed E-state index contributed by atoms with van der Waals surface area (Å²) in [7, 11) is 0. The van der Waals surface area contributed by atoms with Crippen molar-refractivity contribution in [3.05, 3.63) is 35.2 Å². The molecule has 1 aromatic carbocycles. The Labute approximate surface area is 154 Å². The van der Waals surface area contributed by atoms with Crippen molar-refractivity contribution in [2.24, 2.45) is 11.3 Å². The number of benzene rings is 1. The molecule has 25 heavy (non-hydrogen) atoms. The molecule has 1 N–H and O–H groups in total. The van der Waals surface area contributed by atoms with Crippen molar-refractivity contribution in [3.63, 3.8) is 0 Å². The fourth-order valence-electron chi connectivity index (χ4n) is 2.47. The molecule has 1 aromatic heterocycles. The number of amides is 1. The van der Waals surface area contributed by atoms with E-state index in [2.05, 4.69) is 29.3 Å². The molecule has 0 aliphatic rings. The zero-order valence-electron chi connectivity index (χ0n) is 15.5. The van der Waals surface area contributed by atoms with Gasteiger partial charge in [-0.2, -0.15) is 4.98 Å². The summed E-state index contributed by atoms with van der Waals surface area (Å²) in [5.41, 5.74) is 0.747. The highest BCUT2D eigenvalue weighted by atomic mass is 35.5. The van der Waals surface area contributed by atoms with Crippen LogP contribution in [0.3, 0.4) is 0 Å². The van der Waals surface area contributed by atoms with Gasteiger partial charge in [-0.3, -0.25) is 4.79 Å². The van der Waals surface area contributed by atoms with Gasteiger partial charge < -0.3 is 9.84 Å². The maximum Gasteiger partial charge on any atom is 0.249 e. The maximum absolute atomic E-state index is 12.4. The van der Waals surface area contributed by atoms with E-state index in [1.807, 2.05) is 32.9 Å². The predicted molar refractivity (Wildman–Crippen MR) is 99.2 cm³/mol. The highest BCUT2D eigenvalue weighted by Gasteiger charge is 2.28. The molecule has 0 fully saturated rings. The number of rotatable bonds is 6. The number of carbonyl (C=O) groups excluding carboxylic acids is 1. The van der Waals surface area contributed by atoms with Gasteiger partial charge in [0, 0.05) is 17.0 Å². The smallest absolute Gasteiger partial charge is 0.249 e. The van der Waals surface area contributed by atoms with Crippen molar-refractivity contribution in [1.29, 1.82) is 0 Å². The van der Waals surface area contributed by atoms with Crippen molar-refractivity contribution in [3.8, 4) is 11.4 Å². The van der Waals surface area contributed by atoms with Crippen LogP contribution in [-0.4, -0.2) is 16.0 Å². The zero-order valence-corrected chi connectivity index (χ0v) is 16.2. The van der Waals surface area contributed by atoms with Crippen LogP contribution in [0.5, 0.6) is 0 Å². The molecule has 0 radical (unpaired) electrons. The van der Waals surface area contributed by atoms with Gasteiger partial charge in [0.15, 0.2) is 0 Å². The molecule has 0 saturated heterocycles. The highest BCUT2D eigenvalue weighted by Crippen LogP contribution is 2.27. The molecule has 0 spiro atoms. The molecule has 0 bridgehead atoms. The molecule has 6 heteroatoms. The lowest BCUT2D eigenvalue weighted by molar-refractivity contribution is -0.124. The third-order valence-corrected chi connectivity index (χ3v) is 4.28. The first-order valence-corrected chi connectivity index (χ1v) is 8.96. The second-order valence-corrected chi connectivity index (χ2v) is 8.07. The summed E-state index contributed by atoms with van der Waals surface area (Å²) in [6.45, 7) is 10.3. The Morgan fingerprint density at radius 1 is 1.28 bits per heavy atom. The summed E-state index contributed by atoms with van der Waals surface area (Å²) in [5.74, 6) is 1.10. The lowest BCUT2D eigenvalue weighted by Gasteiger charge is -2.23. The van der Waals surface area contributed by atoms with Gasteiger partial charge in [-0.15, -0.1) is 0 Å². The van der Waals surface area contributed by atoms with E-state index in [0.717, 1.165) is 12.0 Å². The van der Waals surface area contributed by atoms with E-state index in [1.54, 1.807) is 12.1 Å². The van der Waals surface area contributed by atoms with Gasteiger partial charge in [-0.1, -0.05) is 57.8 Å². The summed E-state index contributed by atoms with van der Waals surface area (Å²) in [4.78, 5) is 16.9. The summed E-state index contributed by atoms with van der Waals surface area (Å²) in [6.07, 6.45) is 1.33. The van der Waals surface area contributed by atoms with Crippen LogP contribution >= 0.6 is 11.6 Å². The number of nitrogens with zero attached hydrogens (tertiary/aromatic N) is 2. The maximum atomic E-state index is 12.4. The van der Waals surface area contributed by atoms with Gasteiger partial charge in [-0.25, -0.2) is 0 Å². The first-order valence-electron chi connectivity index (χ1n) is 8.58. The average molecular weight is 364 g/mol. The average Bonchev–Trinajstić information content (AvgIpc) is 3.00. The molecule has 2 rings (SSSR count). The van der Waals surface area contributed by atoms with E-state index >= 15 is 0 Å². The molecule has 1 amide bonds. The summed E-state index contributed by atoms with van der Waals surface area (Å²) in [6, 6.07) is 6.95. The molecule has 1 heterocycles. The van der Waals surface area contributed by atoms with Crippen molar-refractivity contribution in [2.45, 2.75) is 53.5 Å². The molecule has 0 unspecified atom stereocenters. The minimum Gasteiger partial charge on any atom is -0.344 e. The fraction of sp³-hybridized carbons (Fsp3) is 0.526. The molecule has 5 nitrogen and oxygen atoms in total. The van der Waals surface area contributed by atoms with E-state index in [4.69, 9.17) is 16.1 Å². The van der Waals surface area contributed by atoms with Gasteiger partial charge in [0.25, 0.3) is 0 Å². The van der Waals surface area contributed by atoms with E-state index < -0.39 is 0 Å². The zero-order chi connectivity index (χ0) is 18.6. The van der Waals surface area contributed by atoms with E-state index in [-0.39, 0.29) is 23.3 Å². The summed E-state index contributed by atoms with van der Waals surface area (Å²) >= 11 is 5.91. The topological polar surface area (TPSA) is 68.0 Å². The van der Waals surface area contributed by atoms with Crippen LogP contribution in [0.4, 0.5) is 0 Å². The standard InChI is InChI=1S/C19H26ClN3O2/c1-6-12(2)16(21-15(24)11-19(3,4)5)18-22-17(23-25-18)13-7-9-14(20)10-8-13/h7-10,12,16H,6,11H2,1-5H3,(H,21,24)/t12-,16-/m1/s1. The lowest BCUT2D eigenvalue weighted by atomic mass is 9.91. The number of nitrogens with one attached hydrogen (secondary N) is 1. The quantitative estimate of drug-likeness (QED) is 0.781. The van der Waals surface area contributed by atoms with Crippen LogP contribution in [0.15, 0.2) is 28.8 Å². The second kappa shape index (κ2) is 8.00.